The number of rotatable bonds is 9. The molecule has 0 aromatic heterocycles. The van der Waals surface area contributed by atoms with E-state index in [0.717, 1.165) is 5.56 Å². The number of benzene rings is 2. The van der Waals surface area contributed by atoms with Crippen molar-refractivity contribution in [3.05, 3.63) is 53.6 Å². The number of nitrogens with one attached hydrogen (secondary N) is 2. The molecule has 2 rings (SSSR count). The zero-order valence-electron chi connectivity index (χ0n) is 15.6. The van der Waals surface area contributed by atoms with Crippen LogP contribution in [0.2, 0.25) is 0 Å². The van der Waals surface area contributed by atoms with Crippen LogP contribution in [0.5, 0.6) is 11.5 Å². The third kappa shape index (κ3) is 5.45. The Morgan fingerprint density at radius 3 is 2.37 bits per heavy atom. The van der Waals surface area contributed by atoms with Crippen LogP contribution in [0.3, 0.4) is 0 Å². The van der Waals surface area contributed by atoms with Crippen molar-refractivity contribution in [1.82, 2.24) is 10.0 Å². The average Bonchev–Trinajstić information content (AvgIpc) is 2.68. The number of hydrogen-bond acceptors (Lipinski definition) is 5. The highest BCUT2D eigenvalue weighted by atomic mass is 32.2. The molecule has 2 N–H and O–H groups in total. The normalized spacial score (nSPS) is 11.1. The summed E-state index contributed by atoms with van der Waals surface area (Å²) in [6.07, 6.45) is 0. The molecular weight excluding hydrogens is 368 g/mol. The van der Waals surface area contributed by atoms with Crippen molar-refractivity contribution < 1.29 is 22.7 Å². The molecule has 0 unspecified atom stereocenters. The molecule has 0 atom stereocenters. The number of carbonyl (C=O) groups excluding carboxylic acids is 1. The maximum atomic E-state index is 12.4. The van der Waals surface area contributed by atoms with Gasteiger partial charge >= 0.3 is 0 Å². The van der Waals surface area contributed by atoms with E-state index in [1.807, 2.05) is 26.0 Å². The Morgan fingerprint density at radius 1 is 1.00 bits per heavy atom. The van der Waals surface area contributed by atoms with Gasteiger partial charge in [0.05, 0.1) is 18.1 Å². The van der Waals surface area contributed by atoms with Gasteiger partial charge in [0.1, 0.15) is 0 Å². The number of sulfonamides is 1. The summed E-state index contributed by atoms with van der Waals surface area (Å²) in [6.45, 7) is 5.08. The first-order chi connectivity index (χ1) is 12.9. The number of amides is 1. The van der Waals surface area contributed by atoms with Crippen molar-refractivity contribution in [3.8, 4) is 11.5 Å². The molecule has 1 amide bonds. The van der Waals surface area contributed by atoms with Crippen molar-refractivity contribution in [2.45, 2.75) is 25.3 Å². The van der Waals surface area contributed by atoms with E-state index in [1.165, 1.54) is 25.2 Å². The Bertz CT molecular complexity index is 897. The Hall–Kier alpha value is -2.58. The monoisotopic (exact) mass is 392 g/mol. The first kappa shape index (κ1) is 20.7. The van der Waals surface area contributed by atoms with Gasteiger partial charge in [-0.15, -0.1) is 0 Å². The molecule has 2 aromatic rings. The summed E-state index contributed by atoms with van der Waals surface area (Å²) in [6, 6.07) is 11.3. The average molecular weight is 392 g/mol. The zero-order valence-corrected chi connectivity index (χ0v) is 16.4. The molecule has 0 saturated heterocycles. The van der Waals surface area contributed by atoms with Gasteiger partial charge in [0.15, 0.2) is 11.5 Å². The van der Waals surface area contributed by atoms with Crippen LogP contribution in [0.4, 0.5) is 0 Å². The Labute approximate surface area is 159 Å². The number of ether oxygens (including phenoxy) is 2. The highest BCUT2D eigenvalue weighted by Gasteiger charge is 2.14. The van der Waals surface area contributed by atoms with E-state index < -0.39 is 10.0 Å². The van der Waals surface area contributed by atoms with E-state index in [1.54, 1.807) is 12.1 Å². The van der Waals surface area contributed by atoms with Crippen molar-refractivity contribution in [1.29, 1.82) is 0 Å². The van der Waals surface area contributed by atoms with E-state index in [4.69, 9.17) is 9.47 Å². The van der Waals surface area contributed by atoms with Crippen LogP contribution in [-0.2, 0) is 16.6 Å². The molecule has 0 spiro atoms. The lowest BCUT2D eigenvalue weighted by Crippen LogP contribution is -2.24. The molecule has 0 heterocycles. The molecule has 0 saturated carbocycles. The van der Waals surface area contributed by atoms with Crippen LogP contribution >= 0.6 is 0 Å². The second-order valence-corrected chi connectivity index (χ2v) is 7.45. The summed E-state index contributed by atoms with van der Waals surface area (Å²) in [5.74, 6) is 0.905. The van der Waals surface area contributed by atoms with Crippen LogP contribution in [0.1, 0.15) is 29.8 Å². The molecule has 0 aliphatic heterocycles. The van der Waals surface area contributed by atoms with Gasteiger partial charge in [-0.05, 0) is 56.8 Å². The maximum absolute atomic E-state index is 12.4. The van der Waals surface area contributed by atoms with Crippen molar-refractivity contribution in [2.75, 3.05) is 20.3 Å². The number of carbonyl (C=O) groups is 1. The molecule has 2 aromatic carbocycles. The smallest absolute Gasteiger partial charge is 0.251 e. The lowest BCUT2D eigenvalue weighted by molar-refractivity contribution is 0.0950. The van der Waals surface area contributed by atoms with Gasteiger partial charge in [0.2, 0.25) is 10.0 Å². The van der Waals surface area contributed by atoms with Gasteiger partial charge in [-0.2, -0.15) is 0 Å². The van der Waals surface area contributed by atoms with Crippen molar-refractivity contribution in [3.63, 3.8) is 0 Å². The van der Waals surface area contributed by atoms with Gasteiger partial charge in [-0.3, -0.25) is 4.79 Å². The second-order valence-electron chi connectivity index (χ2n) is 5.57. The lowest BCUT2D eigenvalue weighted by Gasteiger charge is -2.13. The molecule has 0 radical (unpaired) electrons. The van der Waals surface area contributed by atoms with Gasteiger partial charge in [-0.25, -0.2) is 13.1 Å². The minimum absolute atomic E-state index is 0.0392. The van der Waals surface area contributed by atoms with Crippen molar-refractivity contribution in [2.24, 2.45) is 0 Å². The SMILES string of the molecule is CCOc1ccc(CNC(=O)c2cccc(S(=O)(=O)NC)c2)cc1OCC. The molecule has 27 heavy (non-hydrogen) atoms. The van der Waals surface area contributed by atoms with E-state index >= 15 is 0 Å². The van der Waals surface area contributed by atoms with Crippen molar-refractivity contribution >= 4 is 15.9 Å². The molecule has 0 aliphatic carbocycles. The topological polar surface area (TPSA) is 93.7 Å². The van der Waals surface area contributed by atoms with E-state index in [-0.39, 0.29) is 22.9 Å². The third-order valence-electron chi connectivity index (χ3n) is 3.74. The minimum Gasteiger partial charge on any atom is -0.490 e. The highest BCUT2D eigenvalue weighted by Crippen LogP contribution is 2.28. The van der Waals surface area contributed by atoms with E-state index in [2.05, 4.69) is 10.0 Å². The Kier molecular flexibility index (Phi) is 7.20. The summed E-state index contributed by atoms with van der Waals surface area (Å²) < 4.78 is 37.1. The first-order valence-electron chi connectivity index (χ1n) is 8.61. The number of hydrogen-bond donors (Lipinski definition) is 2. The summed E-state index contributed by atoms with van der Waals surface area (Å²) in [5, 5.41) is 2.78. The summed E-state index contributed by atoms with van der Waals surface area (Å²) in [5.41, 5.74) is 1.11. The molecule has 7 nitrogen and oxygen atoms in total. The molecule has 0 aliphatic rings. The fraction of sp³-hybridized carbons (Fsp3) is 0.316. The Morgan fingerprint density at radius 2 is 1.70 bits per heavy atom. The standard InChI is InChI=1S/C19H24N2O5S/c1-4-25-17-10-9-14(11-18(17)26-5-2)13-21-19(22)15-7-6-8-16(12-15)27(23,24)20-3/h6-12,20H,4-5,13H2,1-3H3,(H,21,22). The van der Waals surface area contributed by atoms with E-state index in [9.17, 15) is 13.2 Å². The second kappa shape index (κ2) is 9.38. The van der Waals surface area contributed by atoms with Crippen LogP contribution < -0.4 is 19.5 Å². The Balaban J connectivity index is 2.11. The fourth-order valence-corrected chi connectivity index (χ4v) is 3.19. The van der Waals surface area contributed by atoms with Gasteiger partial charge in [0, 0.05) is 12.1 Å². The lowest BCUT2D eigenvalue weighted by atomic mass is 10.1. The maximum Gasteiger partial charge on any atom is 0.251 e. The van der Waals surface area contributed by atoms with Crippen LogP contribution in [0, 0.1) is 0 Å². The fourth-order valence-electron chi connectivity index (χ4n) is 2.41. The zero-order chi connectivity index (χ0) is 19.9. The molecular formula is C19H24N2O5S. The summed E-state index contributed by atoms with van der Waals surface area (Å²) >= 11 is 0. The van der Waals surface area contributed by atoms with Crippen LogP contribution in [0.25, 0.3) is 0 Å². The molecule has 146 valence electrons. The third-order valence-corrected chi connectivity index (χ3v) is 5.15. The summed E-state index contributed by atoms with van der Waals surface area (Å²) in [7, 11) is -2.28. The first-order valence-corrected chi connectivity index (χ1v) is 10.1. The van der Waals surface area contributed by atoms with E-state index in [0.29, 0.717) is 24.7 Å². The van der Waals surface area contributed by atoms with Crippen LogP contribution in [-0.4, -0.2) is 34.6 Å². The predicted octanol–water partition coefficient (Wildman–Crippen LogP) is 2.32. The summed E-state index contributed by atoms with van der Waals surface area (Å²) in [4.78, 5) is 12.4. The quantitative estimate of drug-likeness (QED) is 0.683. The largest absolute Gasteiger partial charge is 0.490 e. The highest BCUT2D eigenvalue weighted by molar-refractivity contribution is 7.89. The molecule has 8 heteroatoms. The predicted molar refractivity (Wildman–Crippen MR) is 103 cm³/mol. The van der Waals surface area contributed by atoms with Gasteiger partial charge < -0.3 is 14.8 Å². The minimum atomic E-state index is -3.60. The van der Waals surface area contributed by atoms with Gasteiger partial charge in [-0.1, -0.05) is 12.1 Å². The molecule has 0 bridgehead atoms. The van der Waals surface area contributed by atoms with Gasteiger partial charge in [0.25, 0.3) is 5.91 Å². The molecule has 0 fully saturated rings. The van der Waals surface area contributed by atoms with Crippen LogP contribution in [0.15, 0.2) is 47.4 Å².